The van der Waals surface area contributed by atoms with Crippen LogP contribution in [0.1, 0.15) is 15.9 Å². The zero-order chi connectivity index (χ0) is 18.9. The molecule has 0 aliphatic heterocycles. The molecule has 136 valence electrons. The summed E-state index contributed by atoms with van der Waals surface area (Å²) in [5.41, 5.74) is 1.37. The molecule has 0 spiro atoms. The number of ether oxygens (including phenoxy) is 1. The normalized spacial score (nSPS) is 11.3. The number of methoxy groups -OCH3 is 1. The van der Waals surface area contributed by atoms with E-state index in [2.05, 4.69) is 33.2 Å². The number of nitrogens with one attached hydrogen (secondary N) is 2. The fourth-order valence-electron chi connectivity index (χ4n) is 2.33. The van der Waals surface area contributed by atoms with E-state index >= 15 is 0 Å². The van der Waals surface area contributed by atoms with E-state index in [0.717, 1.165) is 9.13 Å². The van der Waals surface area contributed by atoms with E-state index in [1.807, 2.05) is 24.3 Å². The number of benzene rings is 2. The third-order valence-corrected chi connectivity index (χ3v) is 4.27. The third kappa shape index (κ3) is 6.14. The van der Waals surface area contributed by atoms with Crippen LogP contribution in [0.3, 0.4) is 0 Å². The van der Waals surface area contributed by atoms with Gasteiger partial charge < -0.3 is 15.4 Å². The van der Waals surface area contributed by atoms with Crippen molar-refractivity contribution >= 4 is 40.4 Å². The lowest BCUT2D eigenvalue weighted by Crippen LogP contribution is -2.47. The SMILES string of the molecule is COC(=O)[C@H](Cc1cccc(I)c1)NC(=O)CNC(=O)c1ccccc1. The first-order valence-electron chi connectivity index (χ1n) is 7.94. The summed E-state index contributed by atoms with van der Waals surface area (Å²) >= 11 is 2.18. The molecule has 0 bridgehead atoms. The maximum Gasteiger partial charge on any atom is 0.328 e. The van der Waals surface area contributed by atoms with Crippen molar-refractivity contribution in [2.75, 3.05) is 13.7 Å². The number of hydrogen-bond acceptors (Lipinski definition) is 4. The Labute approximate surface area is 165 Å². The summed E-state index contributed by atoms with van der Waals surface area (Å²) in [6.45, 7) is -0.229. The Morgan fingerprint density at radius 3 is 2.46 bits per heavy atom. The van der Waals surface area contributed by atoms with E-state index in [-0.39, 0.29) is 12.5 Å². The standard InChI is InChI=1S/C19H19IN2O4/c1-26-19(25)16(11-13-6-5-9-15(20)10-13)22-17(23)12-21-18(24)14-7-3-2-4-8-14/h2-10,16H,11-12H2,1H3,(H,21,24)(H,22,23)/t16-/m0/s1. The minimum atomic E-state index is -0.820. The average Bonchev–Trinajstić information content (AvgIpc) is 2.65. The van der Waals surface area contributed by atoms with Gasteiger partial charge in [0.15, 0.2) is 0 Å². The lowest BCUT2D eigenvalue weighted by molar-refractivity contribution is -0.144. The van der Waals surface area contributed by atoms with E-state index < -0.39 is 17.9 Å². The Morgan fingerprint density at radius 1 is 1.08 bits per heavy atom. The first-order chi connectivity index (χ1) is 12.5. The van der Waals surface area contributed by atoms with Crippen molar-refractivity contribution in [1.82, 2.24) is 10.6 Å². The van der Waals surface area contributed by atoms with Gasteiger partial charge in [0.2, 0.25) is 5.91 Å². The molecule has 1 atom stereocenters. The summed E-state index contributed by atoms with van der Waals surface area (Å²) in [6, 6.07) is 15.4. The molecule has 0 saturated carbocycles. The van der Waals surface area contributed by atoms with Crippen LogP contribution >= 0.6 is 22.6 Å². The molecule has 0 aliphatic carbocycles. The van der Waals surface area contributed by atoms with Crippen LogP contribution in [0.15, 0.2) is 54.6 Å². The fourth-order valence-corrected chi connectivity index (χ4v) is 2.94. The molecule has 6 nitrogen and oxygen atoms in total. The van der Waals surface area contributed by atoms with Crippen molar-refractivity contribution in [1.29, 1.82) is 0 Å². The Morgan fingerprint density at radius 2 is 1.81 bits per heavy atom. The first kappa shape index (κ1) is 19.9. The number of carbonyl (C=O) groups excluding carboxylic acids is 3. The zero-order valence-electron chi connectivity index (χ0n) is 14.2. The van der Waals surface area contributed by atoms with Gasteiger partial charge in [-0.2, -0.15) is 0 Å². The predicted octanol–water partition coefficient (Wildman–Crippen LogP) is 1.92. The zero-order valence-corrected chi connectivity index (χ0v) is 16.4. The quantitative estimate of drug-likeness (QED) is 0.483. The molecule has 2 aromatic rings. The number of rotatable bonds is 7. The van der Waals surface area contributed by atoms with Crippen molar-refractivity contribution in [3.8, 4) is 0 Å². The van der Waals surface area contributed by atoms with Crippen LogP contribution in [0.5, 0.6) is 0 Å². The Hall–Kier alpha value is -2.42. The molecule has 0 aromatic heterocycles. The predicted molar refractivity (Wildman–Crippen MR) is 106 cm³/mol. The van der Waals surface area contributed by atoms with Crippen LogP contribution in [0.2, 0.25) is 0 Å². The molecule has 2 rings (SSSR count). The molecule has 0 radical (unpaired) electrons. The van der Waals surface area contributed by atoms with Gasteiger partial charge in [-0.25, -0.2) is 4.79 Å². The second-order valence-corrected chi connectivity index (χ2v) is 6.77. The van der Waals surface area contributed by atoms with Gasteiger partial charge in [0.05, 0.1) is 13.7 Å². The highest BCUT2D eigenvalue weighted by atomic mass is 127. The van der Waals surface area contributed by atoms with E-state index in [9.17, 15) is 14.4 Å². The molecular weight excluding hydrogens is 447 g/mol. The number of hydrogen-bond donors (Lipinski definition) is 2. The van der Waals surface area contributed by atoms with Crippen molar-refractivity contribution < 1.29 is 19.1 Å². The van der Waals surface area contributed by atoms with Crippen molar-refractivity contribution in [2.45, 2.75) is 12.5 Å². The second-order valence-electron chi connectivity index (χ2n) is 5.53. The Kier molecular flexibility index (Phi) is 7.58. The summed E-state index contributed by atoms with van der Waals surface area (Å²) in [5.74, 6) is -1.35. The van der Waals surface area contributed by atoms with Gasteiger partial charge in [0.25, 0.3) is 5.91 Å². The van der Waals surface area contributed by atoms with Gasteiger partial charge in [-0.15, -0.1) is 0 Å². The molecule has 0 unspecified atom stereocenters. The van der Waals surface area contributed by atoms with Gasteiger partial charge in [0.1, 0.15) is 6.04 Å². The summed E-state index contributed by atoms with van der Waals surface area (Å²) in [4.78, 5) is 36.1. The number of halogens is 1. The topological polar surface area (TPSA) is 84.5 Å². The van der Waals surface area contributed by atoms with Crippen molar-refractivity contribution in [2.24, 2.45) is 0 Å². The van der Waals surface area contributed by atoms with Crippen LogP contribution in [-0.2, 0) is 20.7 Å². The van der Waals surface area contributed by atoms with Crippen molar-refractivity contribution in [3.63, 3.8) is 0 Å². The Balaban J connectivity index is 1.93. The highest BCUT2D eigenvalue weighted by molar-refractivity contribution is 14.1. The summed E-state index contributed by atoms with van der Waals surface area (Å²) in [6.07, 6.45) is 0.307. The fraction of sp³-hybridized carbons (Fsp3) is 0.211. The molecule has 26 heavy (non-hydrogen) atoms. The third-order valence-electron chi connectivity index (χ3n) is 3.60. The second kappa shape index (κ2) is 9.91. The van der Waals surface area contributed by atoms with E-state index in [0.29, 0.717) is 12.0 Å². The van der Waals surface area contributed by atoms with Crippen molar-refractivity contribution in [3.05, 3.63) is 69.3 Å². The van der Waals surface area contributed by atoms with Gasteiger partial charge in [-0.3, -0.25) is 9.59 Å². The van der Waals surface area contributed by atoms with E-state index in [1.165, 1.54) is 7.11 Å². The summed E-state index contributed by atoms with van der Waals surface area (Å²) in [5, 5.41) is 5.14. The first-order valence-corrected chi connectivity index (χ1v) is 9.02. The molecule has 2 N–H and O–H groups in total. The van der Waals surface area contributed by atoms with E-state index in [1.54, 1.807) is 30.3 Å². The largest absolute Gasteiger partial charge is 0.467 e. The van der Waals surface area contributed by atoms with Crippen LogP contribution in [-0.4, -0.2) is 37.5 Å². The molecule has 0 heterocycles. The summed E-state index contributed by atoms with van der Waals surface area (Å²) in [7, 11) is 1.27. The monoisotopic (exact) mass is 466 g/mol. The number of esters is 1. The van der Waals surface area contributed by atoms with Gasteiger partial charge >= 0.3 is 5.97 Å². The lowest BCUT2D eigenvalue weighted by Gasteiger charge is -2.17. The highest BCUT2D eigenvalue weighted by Gasteiger charge is 2.22. The minimum absolute atomic E-state index is 0.229. The van der Waals surface area contributed by atoms with Gasteiger partial charge in [-0.05, 0) is 52.4 Å². The number of amides is 2. The van der Waals surface area contributed by atoms with Crippen LogP contribution in [0, 0.1) is 3.57 Å². The van der Waals surface area contributed by atoms with E-state index in [4.69, 9.17) is 4.74 Å². The average molecular weight is 466 g/mol. The molecular formula is C19H19IN2O4. The molecule has 7 heteroatoms. The number of carbonyl (C=O) groups is 3. The Bertz CT molecular complexity index is 780. The van der Waals surface area contributed by atoms with Gasteiger partial charge in [-0.1, -0.05) is 30.3 Å². The smallest absolute Gasteiger partial charge is 0.328 e. The summed E-state index contributed by atoms with van der Waals surface area (Å²) < 4.78 is 5.80. The molecule has 0 saturated heterocycles. The van der Waals surface area contributed by atoms with Crippen LogP contribution in [0.25, 0.3) is 0 Å². The maximum absolute atomic E-state index is 12.1. The van der Waals surface area contributed by atoms with Gasteiger partial charge in [0, 0.05) is 15.6 Å². The molecule has 0 fully saturated rings. The molecule has 2 amide bonds. The highest BCUT2D eigenvalue weighted by Crippen LogP contribution is 2.10. The molecule has 2 aromatic carbocycles. The molecule has 0 aliphatic rings. The maximum atomic E-state index is 12.1. The minimum Gasteiger partial charge on any atom is -0.467 e. The van der Waals surface area contributed by atoms with Crippen LogP contribution in [0.4, 0.5) is 0 Å². The van der Waals surface area contributed by atoms with Crippen LogP contribution < -0.4 is 10.6 Å². The lowest BCUT2D eigenvalue weighted by atomic mass is 10.1.